The van der Waals surface area contributed by atoms with E-state index in [-0.39, 0.29) is 42.6 Å². The standard InChI is InChI=1S/C20H23N3O4/c1-12-6-5-9-16(13(12)2)22-17(24)10-21-18(25)11-23-19(26)14-7-3-4-8-15(14)20(23)27/h3-6,9,14-15H,7-8,10-11H2,1-2H3,(H,21,25)(H,22,24)/t14-,15-/m0/s1. The fraction of sp³-hybridized carbons (Fsp3) is 0.400. The number of benzene rings is 1. The predicted molar refractivity (Wildman–Crippen MR) is 99.6 cm³/mol. The number of aryl methyl sites for hydroxylation is 1. The fourth-order valence-corrected chi connectivity index (χ4v) is 3.48. The molecule has 1 heterocycles. The molecule has 4 amide bonds. The molecular weight excluding hydrogens is 346 g/mol. The summed E-state index contributed by atoms with van der Waals surface area (Å²) in [6, 6.07) is 5.58. The van der Waals surface area contributed by atoms with Crippen LogP contribution in [0.25, 0.3) is 0 Å². The van der Waals surface area contributed by atoms with Gasteiger partial charge in [0.05, 0.1) is 18.4 Å². The zero-order valence-corrected chi connectivity index (χ0v) is 15.5. The topological polar surface area (TPSA) is 95.6 Å². The van der Waals surface area contributed by atoms with Crippen LogP contribution in [-0.4, -0.2) is 41.6 Å². The van der Waals surface area contributed by atoms with Gasteiger partial charge in [0, 0.05) is 5.69 Å². The quantitative estimate of drug-likeness (QED) is 0.604. The Morgan fingerprint density at radius 2 is 1.67 bits per heavy atom. The van der Waals surface area contributed by atoms with Crippen LogP contribution in [-0.2, 0) is 19.2 Å². The second kappa shape index (κ2) is 7.73. The van der Waals surface area contributed by atoms with E-state index in [4.69, 9.17) is 0 Å². The Labute approximate surface area is 157 Å². The average molecular weight is 369 g/mol. The van der Waals surface area contributed by atoms with Crippen LogP contribution < -0.4 is 10.6 Å². The van der Waals surface area contributed by atoms with Crippen LogP contribution in [0.15, 0.2) is 30.4 Å². The van der Waals surface area contributed by atoms with Gasteiger partial charge in [0.15, 0.2) is 0 Å². The molecule has 0 spiro atoms. The van der Waals surface area contributed by atoms with Gasteiger partial charge in [-0.3, -0.25) is 24.1 Å². The molecule has 7 heteroatoms. The highest BCUT2D eigenvalue weighted by molar-refractivity contribution is 6.07. The number of hydrogen-bond acceptors (Lipinski definition) is 4. The molecule has 142 valence electrons. The second-order valence-corrected chi connectivity index (χ2v) is 6.99. The van der Waals surface area contributed by atoms with Crippen LogP contribution in [0.4, 0.5) is 5.69 Å². The number of anilines is 1. The van der Waals surface area contributed by atoms with E-state index < -0.39 is 5.91 Å². The van der Waals surface area contributed by atoms with Crippen molar-refractivity contribution < 1.29 is 19.2 Å². The van der Waals surface area contributed by atoms with Crippen LogP contribution in [0, 0.1) is 25.7 Å². The van der Waals surface area contributed by atoms with Crippen LogP contribution in [0.5, 0.6) is 0 Å². The van der Waals surface area contributed by atoms with E-state index in [0.717, 1.165) is 16.0 Å². The van der Waals surface area contributed by atoms with Gasteiger partial charge in [-0.15, -0.1) is 0 Å². The minimum atomic E-state index is -0.528. The van der Waals surface area contributed by atoms with Gasteiger partial charge in [-0.05, 0) is 43.9 Å². The molecular formula is C20H23N3O4. The number of fused-ring (bicyclic) bond motifs is 1. The van der Waals surface area contributed by atoms with Gasteiger partial charge >= 0.3 is 0 Å². The molecule has 0 radical (unpaired) electrons. The SMILES string of the molecule is Cc1cccc(NC(=O)CNC(=O)CN2C(=O)[C@H]3CC=CC[C@@H]3C2=O)c1C. The second-order valence-electron chi connectivity index (χ2n) is 6.99. The van der Waals surface area contributed by atoms with Gasteiger partial charge in [-0.1, -0.05) is 24.3 Å². The highest BCUT2D eigenvalue weighted by Gasteiger charge is 2.47. The number of amides is 4. The molecule has 0 aromatic heterocycles. The molecule has 27 heavy (non-hydrogen) atoms. The number of allylic oxidation sites excluding steroid dienone is 2. The first-order valence-electron chi connectivity index (χ1n) is 9.01. The third-order valence-electron chi connectivity index (χ3n) is 5.23. The minimum absolute atomic E-state index is 0.225. The molecule has 1 saturated heterocycles. The smallest absolute Gasteiger partial charge is 0.243 e. The average Bonchev–Trinajstić information content (AvgIpc) is 2.89. The van der Waals surface area contributed by atoms with E-state index in [1.165, 1.54) is 0 Å². The number of nitrogens with zero attached hydrogens (tertiary/aromatic N) is 1. The van der Waals surface area contributed by atoms with Crippen molar-refractivity contribution in [2.75, 3.05) is 18.4 Å². The minimum Gasteiger partial charge on any atom is -0.345 e. The lowest BCUT2D eigenvalue weighted by molar-refractivity contribution is -0.143. The molecule has 1 aromatic carbocycles. The fourth-order valence-electron chi connectivity index (χ4n) is 3.48. The Balaban J connectivity index is 1.51. The first-order chi connectivity index (χ1) is 12.9. The molecule has 0 bridgehead atoms. The number of imide groups is 1. The van der Waals surface area contributed by atoms with Gasteiger partial charge in [-0.25, -0.2) is 0 Å². The molecule has 2 atom stereocenters. The summed E-state index contributed by atoms with van der Waals surface area (Å²) < 4.78 is 0. The molecule has 1 aliphatic carbocycles. The van der Waals surface area contributed by atoms with Crippen LogP contribution in [0.1, 0.15) is 24.0 Å². The summed E-state index contributed by atoms with van der Waals surface area (Å²) in [5.41, 5.74) is 2.70. The zero-order chi connectivity index (χ0) is 19.6. The monoisotopic (exact) mass is 369 g/mol. The Bertz CT molecular complexity index is 805. The highest BCUT2D eigenvalue weighted by atomic mass is 16.2. The summed E-state index contributed by atoms with van der Waals surface area (Å²) in [5.74, 6) is -2.21. The lowest BCUT2D eigenvalue weighted by Gasteiger charge is -2.15. The van der Waals surface area contributed by atoms with E-state index in [9.17, 15) is 19.2 Å². The van der Waals surface area contributed by atoms with Crippen molar-refractivity contribution in [3.8, 4) is 0 Å². The summed E-state index contributed by atoms with van der Waals surface area (Å²) in [6.45, 7) is 3.28. The van der Waals surface area contributed by atoms with Crippen LogP contribution in [0.2, 0.25) is 0 Å². The van der Waals surface area contributed by atoms with Crippen molar-refractivity contribution in [1.82, 2.24) is 10.2 Å². The van der Waals surface area contributed by atoms with E-state index in [1.807, 2.05) is 38.1 Å². The largest absolute Gasteiger partial charge is 0.345 e. The lowest BCUT2D eigenvalue weighted by atomic mass is 9.85. The van der Waals surface area contributed by atoms with Gasteiger partial charge in [0.1, 0.15) is 6.54 Å². The van der Waals surface area contributed by atoms with Gasteiger partial charge in [-0.2, -0.15) is 0 Å². The summed E-state index contributed by atoms with van der Waals surface area (Å²) in [6.07, 6.45) is 4.86. The molecule has 2 aliphatic rings. The Hall–Kier alpha value is -2.96. The first kappa shape index (κ1) is 18.8. The molecule has 7 nitrogen and oxygen atoms in total. The summed E-state index contributed by atoms with van der Waals surface area (Å²) in [4.78, 5) is 49.9. The van der Waals surface area contributed by atoms with Crippen molar-refractivity contribution in [2.45, 2.75) is 26.7 Å². The van der Waals surface area contributed by atoms with Crippen molar-refractivity contribution in [2.24, 2.45) is 11.8 Å². The molecule has 1 fully saturated rings. The normalized spacial score (nSPS) is 21.2. The van der Waals surface area contributed by atoms with Gasteiger partial charge in [0.25, 0.3) is 0 Å². The molecule has 1 aromatic rings. The first-order valence-corrected chi connectivity index (χ1v) is 9.01. The molecule has 2 N–H and O–H groups in total. The maximum absolute atomic E-state index is 12.3. The number of rotatable bonds is 5. The Morgan fingerprint density at radius 3 is 2.30 bits per heavy atom. The van der Waals surface area contributed by atoms with Crippen molar-refractivity contribution in [1.29, 1.82) is 0 Å². The third-order valence-corrected chi connectivity index (χ3v) is 5.23. The molecule has 0 unspecified atom stereocenters. The van der Waals surface area contributed by atoms with Crippen LogP contribution in [0.3, 0.4) is 0 Å². The summed E-state index contributed by atoms with van der Waals surface area (Å²) in [7, 11) is 0. The Kier molecular flexibility index (Phi) is 5.39. The highest BCUT2D eigenvalue weighted by Crippen LogP contribution is 2.34. The van der Waals surface area contributed by atoms with E-state index in [2.05, 4.69) is 10.6 Å². The number of hydrogen-bond donors (Lipinski definition) is 2. The van der Waals surface area contributed by atoms with Crippen molar-refractivity contribution in [3.63, 3.8) is 0 Å². The van der Waals surface area contributed by atoms with Gasteiger partial charge < -0.3 is 10.6 Å². The van der Waals surface area contributed by atoms with Gasteiger partial charge in [0.2, 0.25) is 23.6 Å². The number of carbonyl (C=O) groups is 4. The van der Waals surface area contributed by atoms with Crippen molar-refractivity contribution >= 4 is 29.3 Å². The van der Waals surface area contributed by atoms with E-state index in [0.29, 0.717) is 18.5 Å². The predicted octanol–water partition coefficient (Wildman–Crippen LogP) is 1.31. The molecule has 1 aliphatic heterocycles. The van der Waals surface area contributed by atoms with Crippen LogP contribution >= 0.6 is 0 Å². The van der Waals surface area contributed by atoms with E-state index >= 15 is 0 Å². The summed E-state index contributed by atoms with van der Waals surface area (Å²) in [5, 5.41) is 5.22. The number of carbonyl (C=O) groups excluding carboxylic acids is 4. The maximum atomic E-state index is 12.3. The summed E-state index contributed by atoms with van der Waals surface area (Å²) >= 11 is 0. The lowest BCUT2D eigenvalue weighted by Crippen LogP contribution is -2.43. The van der Waals surface area contributed by atoms with E-state index in [1.54, 1.807) is 6.07 Å². The van der Waals surface area contributed by atoms with Crippen molar-refractivity contribution in [3.05, 3.63) is 41.5 Å². The number of likely N-dealkylation sites (tertiary alicyclic amines) is 1. The molecule has 0 saturated carbocycles. The zero-order valence-electron chi connectivity index (χ0n) is 15.5. The molecule has 3 rings (SSSR count). The third kappa shape index (κ3) is 3.92. The number of nitrogens with one attached hydrogen (secondary N) is 2. The Morgan fingerprint density at radius 1 is 1.04 bits per heavy atom. The maximum Gasteiger partial charge on any atom is 0.243 e.